The average Bonchev–Trinajstić information content (AvgIpc) is 2.88. The minimum Gasteiger partial charge on any atom is -0.478 e. The molecule has 0 amide bonds. The van der Waals surface area contributed by atoms with Gasteiger partial charge >= 0.3 is 18.1 Å². The molecule has 5 rings (SSSR count). The Morgan fingerprint density at radius 3 is 2.32 bits per heavy atom. The Morgan fingerprint density at radius 2 is 1.71 bits per heavy atom. The van der Waals surface area contributed by atoms with Gasteiger partial charge in [0.25, 0.3) is 0 Å². The molecule has 1 aliphatic rings. The topological polar surface area (TPSA) is 133 Å². The Hall–Kier alpha value is -4.87. The summed E-state index contributed by atoms with van der Waals surface area (Å²) in [5, 5.41) is 20.5. The summed E-state index contributed by atoms with van der Waals surface area (Å²) in [6.45, 7) is 5.39. The minimum atomic E-state index is -5.08. The molecule has 1 unspecified atom stereocenters. The fourth-order valence-corrected chi connectivity index (χ4v) is 4.51. The van der Waals surface area contributed by atoms with Gasteiger partial charge in [-0.1, -0.05) is 18.2 Å². The Balaban J connectivity index is 0.000000493. The molecule has 3 N–H and O–H groups in total. The van der Waals surface area contributed by atoms with Crippen molar-refractivity contribution < 1.29 is 37.4 Å². The number of fused-ring (bicyclic) bond motifs is 1. The minimum absolute atomic E-state index is 0.0910. The third-order valence-corrected chi connectivity index (χ3v) is 6.60. The lowest BCUT2D eigenvalue weighted by Crippen LogP contribution is -2.45. The van der Waals surface area contributed by atoms with Crippen molar-refractivity contribution in [2.24, 2.45) is 0 Å². The van der Waals surface area contributed by atoms with E-state index in [-0.39, 0.29) is 17.0 Å². The Morgan fingerprint density at radius 1 is 1.07 bits per heavy atom. The van der Waals surface area contributed by atoms with Gasteiger partial charge in [0, 0.05) is 48.7 Å². The summed E-state index contributed by atoms with van der Waals surface area (Å²) < 4.78 is 38.0. The molecule has 3 heterocycles. The number of aryl methyl sites for hydroxylation is 1. The van der Waals surface area contributed by atoms with Gasteiger partial charge in [-0.2, -0.15) is 13.2 Å². The van der Waals surface area contributed by atoms with Crippen LogP contribution in [0.3, 0.4) is 0 Å². The zero-order chi connectivity index (χ0) is 29.9. The van der Waals surface area contributed by atoms with E-state index >= 15 is 0 Å². The highest BCUT2D eigenvalue weighted by molar-refractivity contribution is 5.94. The second-order valence-corrected chi connectivity index (χ2v) is 9.58. The van der Waals surface area contributed by atoms with Crippen molar-refractivity contribution >= 4 is 34.5 Å². The van der Waals surface area contributed by atoms with E-state index in [9.17, 15) is 27.9 Å². The molecule has 2 aromatic heterocycles. The summed E-state index contributed by atoms with van der Waals surface area (Å²) in [6, 6.07) is 15.9. The molecular formula is C29H26F3N3O6. The monoisotopic (exact) mass is 569 g/mol. The number of pyridine rings is 1. The zero-order valence-electron chi connectivity index (χ0n) is 22.0. The molecular weight excluding hydrogens is 543 g/mol. The second kappa shape index (κ2) is 11.7. The van der Waals surface area contributed by atoms with E-state index in [4.69, 9.17) is 14.3 Å². The Kier molecular flexibility index (Phi) is 8.31. The van der Waals surface area contributed by atoms with Crippen LogP contribution in [0.15, 0.2) is 76.2 Å². The lowest BCUT2D eigenvalue weighted by Gasteiger charge is -2.39. The number of halogens is 3. The van der Waals surface area contributed by atoms with E-state index in [0.717, 1.165) is 24.2 Å². The summed E-state index contributed by atoms with van der Waals surface area (Å²) >= 11 is 0. The molecule has 1 aliphatic heterocycles. The quantitative estimate of drug-likeness (QED) is 0.271. The predicted molar refractivity (Wildman–Crippen MR) is 146 cm³/mol. The molecule has 1 fully saturated rings. The highest BCUT2D eigenvalue weighted by Crippen LogP contribution is 2.35. The van der Waals surface area contributed by atoms with Crippen LogP contribution < -0.4 is 15.6 Å². The van der Waals surface area contributed by atoms with Crippen molar-refractivity contribution in [1.82, 2.24) is 4.98 Å². The number of carboxylic acid groups (broad SMARTS) is 2. The molecule has 0 radical (unpaired) electrons. The van der Waals surface area contributed by atoms with Gasteiger partial charge in [0.2, 0.25) is 0 Å². The van der Waals surface area contributed by atoms with E-state index in [1.54, 1.807) is 42.7 Å². The third kappa shape index (κ3) is 6.65. The molecule has 9 nitrogen and oxygen atoms in total. The Bertz CT molecular complexity index is 1630. The molecule has 4 aromatic rings. The van der Waals surface area contributed by atoms with Crippen LogP contribution in [0.5, 0.6) is 0 Å². The highest BCUT2D eigenvalue weighted by Gasteiger charge is 2.38. The number of para-hydroxylation sites is 1. The maximum absolute atomic E-state index is 13.0. The predicted octanol–water partition coefficient (Wildman–Crippen LogP) is 5.60. The van der Waals surface area contributed by atoms with Gasteiger partial charge in [0.1, 0.15) is 5.58 Å². The average molecular weight is 570 g/mol. The number of benzene rings is 2. The van der Waals surface area contributed by atoms with E-state index < -0.39 is 18.1 Å². The van der Waals surface area contributed by atoms with Gasteiger partial charge in [-0.3, -0.25) is 9.78 Å². The Labute approximate surface area is 231 Å². The number of hydrogen-bond acceptors (Lipinski definition) is 7. The maximum Gasteiger partial charge on any atom is 0.490 e. The fourth-order valence-electron chi connectivity index (χ4n) is 4.51. The zero-order valence-corrected chi connectivity index (χ0v) is 22.0. The van der Waals surface area contributed by atoms with Gasteiger partial charge in [0.15, 0.2) is 11.3 Å². The standard InChI is InChI=1S/C27H25N3O4.C2HF3O2/c1-16-11-21(17(2)29-23-6-4-3-5-20(23)27(32)33)26-22(12-16)24(31)13-25(34-26)30-14-19(15-30)18-7-9-28-10-8-18;3-2(4,5)1(6)7/h3-13,17,19,29H,14-15H2,1-2H3,(H,32,33);(H,6,7). The van der Waals surface area contributed by atoms with Crippen LogP contribution in [-0.4, -0.2) is 46.4 Å². The SMILES string of the molecule is Cc1cc(C(C)Nc2ccccc2C(=O)O)c2oc(N3CC(c4ccncc4)C3)cc(=O)c2c1.O=C(O)C(F)(F)F. The van der Waals surface area contributed by atoms with Gasteiger partial charge < -0.3 is 24.8 Å². The van der Waals surface area contributed by atoms with Crippen LogP contribution in [0.25, 0.3) is 11.0 Å². The molecule has 214 valence electrons. The molecule has 12 heteroatoms. The molecule has 1 atom stereocenters. The number of nitrogens with one attached hydrogen (secondary N) is 1. The van der Waals surface area contributed by atoms with Crippen molar-refractivity contribution in [3.05, 3.63) is 99.5 Å². The lowest BCUT2D eigenvalue weighted by molar-refractivity contribution is -0.192. The molecule has 0 bridgehead atoms. The molecule has 0 saturated carbocycles. The first-order chi connectivity index (χ1) is 19.3. The van der Waals surface area contributed by atoms with Crippen molar-refractivity contribution in [3.63, 3.8) is 0 Å². The summed E-state index contributed by atoms with van der Waals surface area (Å²) in [7, 11) is 0. The summed E-state index contributed by atoms with van der Waals surface area (Å²) in [5.74, 6) is -2.84. The van der Waals surface area contributed by atoms with Crippen molar-refractivity contribution in [2.45, 2.75) is 32.0 Å². The molecule has 0 spiro atoms. The molecule has 0 aliphatic carbocycles. The van der Waals surface area contributed by atoms with Crippen LogP contribution in [-0.2, 0) is 4.79 Å². The number of aliphatic carboxylic acids is 1. The molecule has 1 saturated heterocycles. The number of carboxylic acids is 2. The number of hydrogen-bond donors (Lipinski definition) is 3. The maximum atomic E-state index is 13.0. The van der Waals surface area contributed by atoms with Gasteiger partial charge in [0.05, 0.1) is 17.0 Å². The number of alkyl halides is 3. The second-order valence-electron chi connectivity index (χ2n) is 9.58. The van der Waals surface area contributed by atoms with Crippen molar-refractivity contribution in [3.8, 4) is 0 Å². The summed E-state index contributed by atoms with van der Waals surface area (Å²) in [6.07, 6.45) is -1.50. The fraction of sp³-hybridized carbons (Fsp3) is 0.241. The number of aromatic nitrogens is 1. The van der Waals surface area contributed by atoms with E-state index in [0.29, 0.717) is 28.5 Å². The molecule has 41 heavy (non-hydrogen) atoms. The van der Waals surface area contributed by atoms with Gasteiger partial charge in [-0.15, -0.1) is 0 Å². The van der Waals surface area contributed by atoms with Crippen LogP contribution >= 0.6 is 0 Å². The van der Waals surface area contributed by atoms with E-state index in [2.05, 4.69) is 15.2 Å². The van der Waals surface area contributed by atoms with Crippen LogP contribution in [0, 0.1) is 6.92 Å². The highest BCUT2D eigenvalue weighted by atomic mass is 19.4. The van der Waals surface area contributed by atoms with Crippen molar-refractivity contribution in [2.75, 3.05) is 23.3 Å². The number of nitrogens with zero attached hydrogens (tertiary/aromatic N) is 2. The van der Waals surface area contributed by atoms with Crippen LogP contribution in [0.2, 0.25) is 0 Å². The first-order valence-electron chi connectivity index (χ1n) is 12.5. The number of aromatic carboxylic acids is 1. The van der Waals surface area contributed by atoms with Gasteiger partial charge in [-0.25, -0.2) is 9.59 Å². The van der Waals surface area contributed by atoms with Crippen LogP contribution in [0.1, 0.15) is 45.9 Å². The van der Waals surface area contributed by atoms with E-state index in [1.165, 1.54) is 5.56 Å². The number of anilines is 2. The van der Waals surface area contributed by atoms with Gasteiger partial charge in [-0.05, 0) is 55.3 Å². The normalized spacial score (nSPS) is 14.0. The number of rotatable bonds is 6. The first kappa shape index (κ1) is 29.1. The smallest absolute Gasteiger partial charge is 0.478 e. The first-order valence-corrected chi connectivity index (χ1v) is 12.5. The summed E-state index contributed by atoms with van der Waals surface area (Å²) in [5.41, 5.74) is 4.10. The van der Waals surface area contributed by atoms with Crippen LogP contribution in [0.4, 0.5) is 24.7 Å². The summed E-state index contributed by atoms with van der Waals surface area (Å²) in [4.78, 5) is 39.7. The largest absolute Gasteiger partial charge is 0.490 e. The third-order valence-electron chi connectivity index (χ3n) is 6.60. The lowest BCUT2D eigenvalue weighted by atomic mass is 9.92. The van der Waals surface area contributed by atoms with Crippen molar-refractivity contribution in [1.29, 1.82) is 0 Å². The molecule has 2 aromatic carbocycles. The van der Waals surface area contributed by atoms with E-state index in [1.807, 2.05) is 38.1 Å². The number of carbonyl (C=O) groups is 2.